The van der Waals surface area contributed by atoms with Gasteiger partial charge in [-0.3, -0.25) is 4.79 Å². The first kappa shape index (κ1) is 17.8. The number of aromatic amines is 1. The first-order valence-corrected chi connectivity index (χ1v) is 9.41. The summed E-state index contributed by atoms with van der Waals surface area (Å²) < 4.78 is 11.2. The van der Waals surface area contributed by atoms with E-state index in [1.807, 2.05) is 42.5 Å². The quantitative estimate of drug-likeness (QED) is 0.536. The lowest BCUT2D eigenvalue weighted by molar-refractivity contribution is 0.398. The molecule has 3 aromatic carbocycles. The van der Waals surface area contributed by atoms with Crippen molar-refractivity contribution in [1.82, 2.24) is 4.98 Å². The summed E-state index contributed by atoms with van der Waals surface area (Å²) in [5, 5.41) is 12.5. The van der Waals surface area contributed by atoms with E-state index in [1.54, 1.807) is 25.3 Å². The van der Waals surface area contributed by atoms with E-state index in [1.165, 1.54) is 0 Å². The van der Waals surface area contributed by atoms with E-state index in [-0.39, 0.29) is 17.0 Å². The number of nitrogens with two attached hydrogens (primary N) is 1. The monoisotopic (exact) mass is 395 g/mol. The zero-order valence-electron chi connectivity index (χ0n) is 16.1. The summed E-state index contributed by atoms with van der Waals surface area (Å²) >= 11 is 0. The number of ether oxygens (including phenoxy) is 2. The second-order valence-electron chi connectivity index (χ2n) is 7.14. The van der Waals surface area contributed by atoms with E-state index in [4.69, 9.17) is 15.2 Å². The Balaban J connectivity index is 1.82. The van der Waals surface area contributed by atoms with E-state index in [9.17, 15) is 10.1 Å². The molecule has 1 unspecified atom stereocenters. The molecule has 0 bridgehead atoms. The Morgan fingerprint density at radius 2 is 1.90 bits per heavy atom. The number of allylic oxidation sites excluding steroid dienone is 1. The third kappa shape index (κ3) is 2.60. The number of nitriles is 1. The van der Waals surface area contributed by atoms with Crippen LogP contribution < -0.4 is 20.8 Å². The van der Waals surface area contributed by atoms with Crippen molar-refractivity contribution in [3.05, 3.63) is 93.6 Å². The summed E-state index contributed by atoms with van der Waals surface area (Å²) in [5.41, 5.74) is 7.91. The summed E-state index contributed by atoms with van der Waals surface area (Å²) in [6, 6.07) is 21.0. The number of hydrogen-bond acceptors (Lipinski definition) is 5. The van der Waals surface area contributed by atoms with Crippen LogP contribution in [0, 0.1) is 11.3 Å². The summed E-state index contributed by atoms with van der Waals surface area (Å²) in [7, 11) is 1.59. The van der Waals surface area contributed by atoms with Crippen LogP contribution in [0.25, 0.3) is 21.7 Å². The lowest BCUT2D eigenvalue weighted by Crippen LogP contribution is -2.25. The number of hydrogen-bond donors (Lipinski definition) is 2. The molecule has 6 nitrogen and oxygen atoms in total. The molecule has 5 rings (SSSR count). The maximum Gasteiger partial charge on any atom is 0.252 e. The standard InChI is InChI=1S/C24H17N3O3/c1-29-15-7-9-20-14(10-15)11-18(24(28)27-20)21-17-8-6-13-4-2-3-5-16(13)22(17)30-23(26)19(21)12-25/h2-11,21H,26H2,1H3,(H,27,28). The molecule has 2 heterocycles. The second kappa shape index (κ2) is 6.68. The fraction of sp³-hybridized carbons (Fsp3) is 0.0833. The number of nitrogens with one attached hydrogen (secondary N) is 1. The summed E-state index contributed by atoms with van der Waals surface area (Å²) in [6.45, 7) is 0. The molecular weight excluding hydrogens is 378 g/mol. The van der Waals surface area contributed by atoms with Gasteiger partial charge in [0.1, 0.15) is 23.1 Å². The molecule has 30 heavy (non-hydrogen) atoms. The van der Waals surface area contributed by atoms with Crippen molar-refractivity contribution in [2.24, 2.45) is 5.73 Å². The molecule has 1 atom stereocenters. The van der Waals surface area contributed by atoms with Crippen molar-refractivity contribution in [2.45, 2.75) is 5.92 Å². The van der Waals surface area contributed by atoms with Gasteiger partial charge < -0.3 is 20.2 Å². The molecule has 0 amide bonds. The van der Waals surface area contributed by atoms with Gasteiger partial charge in [-0.15, -0.1) is 0 Å². The summed E-state index contributed by atoms with van der Waals surface area (Å²) in [5.74, 6) is 0.619. The minimum Gasteiger partial charge on any atom is -0.497 e. The van der Waals surface area contributed by atoms with Gasteiger partial charge in [0, 0.05) is 27.4 Å². The number of fused-ring (bicyclic) bond motifs is 4. The molecule has 0 aliphatic carbocycles. The number of H-pyrrole nitrogens is 1. The number of pyridine rings is 1. The fourth-order valence-electron chi connectivity index (χ4n) is 4.05. The Morgan fingerprint density at radius 3 is 2.70 bits per heavy atom. The van der Waals surface area contributed by atoms with E-state index in [2.05, 4.69) is 11.1 Å². The lowest BCUT2D eigenvalue weighted by atomic mass is 9.82. The Labute approximate surface area is 171 Å². The van der Waals surface area contributed by atoms with Crippen LogP contribution in [0.15, 0.2) is 76.9 Å². The van der Waals surface area contributed by atoms with Crippen molar-refractivity contribution >= 4 is 21.7 Å². The van der Waals surface area contributed by atoms with Crippen LogP contribution in [0.2, 0.25) is 0 Å². The van der Waals surface area contributed by atoms with Gasteiger partial charge in [0.2, 0.25) is 5.88 Å². The molecule has 0 saturated heterocycles. The van der Waals surface area contributed by atoms with Crippen LogP contribution >= 0.6 is 0 Å². The molecule has 1 aromatic heterocycles. The summed E-state index contributed by atoms with van der Waals surface area (Å²) in [4.78, 5) is 15.9. The molecule has 6 heteroatoms. The van der Waals surface area contributed by atoms with E-state index in [0.717, 1.165) is 21.7 Å². The molecule has 146 valence electrons. The first-order valence-electron chi connectivity index (χ1n) is 9.41. The van der Waals surface area contributed by atoms with Crippen LogP contribution in [0.1, 0.15) is 17.0 Å². The van der Waals surface area contributed by atoms with Gasteiger partial charge >= 0.3 is 0 Å². The second-order valence-corrected chi connectivity index (χ2v) is 7.14. The van der Waals surface area contributed by atoms with Gasteiger partial charge in [-0.2, -0.15) is 5.26 Å². The molecular formula is C24H17N3O3. The maximum atomic E-state index is 13.0. The van der Waals surface area contributed by atoms with Crippen molar-refractivity contribution in [3.8, 4) is 17.6 Å². The zero-order chi connectivity index (χ0) is 20.8. The zero-order valence-corrected chi connectivity index (χ0v) is 16.1. The Bertz CT molecular complexity index is 1460. The van der Waals surface area contributed by atoms with Crippen LogP contribution in [0.4, 0.5) is 0 Å². The van der Waals surface area contributed by atoms with Gasteiger partial charge in [-0.05, 0) is 29.7 Å². The van der Waals surface area contributed by atoms with Crippen LogP contribution in [0.3, 0.4) is 0 Å². The average Bonchev–Trinajstić information content (AvgIpc) is 2.77. The number of benzene rings is 3. The maximum absolute atomic E-state index is 13.0. The normalized spacial score (nSPS) is 15.5. The van der Waals surface area contributed by atoms with E-state index in [0.29, 0.717) is 22.6 Å². The molecule has 4 aromatic rings. The highest BCUT2D eigenvalue weighted by Crippen LogP contribution is 2.44. The third-order valence-corrected chi connectivity index (χ3v) is 5.50. The van der Waals surface area contributed by atoms with Crippen molar-refractivity contribution in [1.29, 1.82) is 5.26 Å². The van der Waals surface area contributed by atoms with E-state index >= 15 is 0 Å². The molecule has 0 saturated carbocycles. The molecule has 3 N–H and O–H groups in total. The highest BCUT2D eigenvalue weighted by Gasteiger charge is 2.33. The Morgan fingerprint density at radius 1 is 1.07 bits per heavy atom. The van der Waals surface area contributed by atoms with Crippen molar-refractivity contribution < 1.29 is 9.47 Å². The summed E-state index contributed by atoms with van der Waals surface area (Å²) in [6.07, 6.45) is 0. The van der Waals surface area contributed by atoms with Crippen LogP contribution in [-0.2, 0) is 0 Å². The van der Waals surface area contributed by atoms with Crippen LogP contribution in [-0.4, -0.2) is 12.1 Å². The van der Waals surface area contributed by atoms with Crippen molar-refractivity contribution in [3.63, 3.8) is 0 Å². The number of nitrogens with zero attached hydrogens (tertiary/aromatic N) is 1. The predicted octanol–water partition coefficient (Wildman–Crippen LogP) is 3.91. The van der Waals surface area contributed by atoms with Gasteiger partial charge in [-0.25, -0.2) is 0 Å². The Hall–Kier alpha value is -4.24. The highest BCUT2D eigenvalue weighted by molar-refractivity contribution is 5.91. The predicted molar refractivity (Wildman–Crippen MR) is 114 cm³/mol. The largest absolute Gasteiger partial charge is 0.497 e. The minimum atomic E-state index is -0.636. The minimum absolute atomic E-state index is 0.0106. The number of methoxy groups -OCH3 is 1. The molecule has 0 radical (unpaired) electrons. The number of rotatable bonds is 2. The molecule has 0 spiro atoms. The average molecular weight is 395 g/mol. The molecule has 0 fully saturated rings. The van der Waals surface area contributed by atoms with Gasteiger partial charge in [0.25, 0.3) is 5.56 Å². The van der Waals surface area contributed by atoms with Crippen LogP contribution in [0.5, 0.6) is 11.5 Å². The highest BCUT2D eigenvalue weighted by atomic mass is 16.5. The smallest absolute Gasteiger partial charge is 0.252 e. The first-order chi connectivity index (χ1) is 14.6. The molecule has 1 aliphatic heterocycles. The third-order valence-electron chi connectivity index (χ3n) is 5.50. The van der Waals surface area contributed by atoms with Gasteiger partial charge in [0.05, 0.1) is 13.0 Å². The topological polar surface area (TPSA) is 101 Å². The van der Waals surface area contributed by atoms with Gasteiger partial charge in [0.15, 0.2) is 0 Å². The van der Waals surface area contributed by atoms with Gasteiger partial charge in [-0.1, -0.05) is 36.4 Å². The fourth-order valence-corrected chi connectivity index (χ4v) is 4.05. The Kier molecular flexibility index (Phi) is 3.97. The SMILES string of the molecule is COc1ccc2[nH]c(=O)c(C3C(C#N)=C(N)Oc4c3ccc3ccccc43)cc2c1. The van der Waals surface area contributed by atoms with E-state index < -0.39 is 5.92 Å². The molecule has 1 aliphatic rings. The van der Waals surface area contributed by atoms with Crippen molar-refractivity contribution in [2.75, 3.05) is 7.11 Å². The lowest BCUT2D eigenvalue weighted by Gasteiger charge is -2.27. The number of aromatic nitrogens is 1.